The number of ether oxygens (including phenoxy) is 1. The van der Waals surface area contributed by atoms with Gasteiger partial charge in [-0.3, -0.25) is 14.8 Å². The highest BCUT2D eigenvalue weighted by atomic mass is 16.5. The molecule has 8 heteroatoms. The number of hydrogen-bond donors (Lipinski definition) is 2. The fourth-order valence-corrected chi connectivity index (χ4v) is 3.25. The summed E-state index contributed by atoms with van der Waals surface area (Å²) in [7, 11) is 5.50. The van der Waals surface area contributed by atoms with Gasteiger partial charge in [0.1, 0.15) is 5.75 Å². The van der Waals surface area contributed by atoms with Crippen molar-refractivity contribution in [3.8, 4) is 5.75 Å². The molecule has 0 aliphatic heterocycles. The SMILES string of the molecule is CCCn1cc(CN=C(NC(=O)c2cccc(N(C)C)c2)Nc2ccc(OC)cc2)c(C)n1. The molecule has 0 spiro atoms. The first kappa shape index (κ1) is 23.8. The second-order valence-corrected chi connectivity index (χ2v) is 7.92. The van der Waals surface area contributed by atoms with Gasteiger partial charge in [-0.1, -0.05) is 13.0 Å². The van der Waals surface area contributed by atoms with Crippen LogP contribution in [0.4, 0.5) is 11.4 Å². The van der Waals surface area contributed by atoms with Crippen molar-refractivity contribution in [3.63, 3.8) is 0 Å². The van der Waals surface area contributed by atoms with Crippen molar-refractivity contribution in [1.29, 1.82) is 0 Å². The monoisotopic (exact) mass is 448 g/mol. The van der Waals surface area contributed by atoms with Crippen molar-refractivity contribution in [2.45, 2.75) is 33.4 Å². The lowest BCUT2D eigenvalue weighted by molar-refractivity contribution is 0.0977. The van der Waals surface area contributed by atoms with Gasteiger partial charge in [-0.2, -0.15) is 5.10 Å². The summed E-state index contributed by atoms with van der Waals surface area (Å²) >= 11 is 0. The second kappa shape index (κ2) is 11.2. The zero-order valence-electron chi connectivity index (χ0n) is 19.9. The van der Waals surface area contributed by atoms with E-state index >= 15 is 0 Å². The van der Waals surface area contributed by atoms with E-state index in [0.717, 1.165) is 41.3 Å². The van der Waals surface area contributed by atoms with Crippen LogP contribution in [-0.4, -0.2) is 42.9 Å². The summed E-state index contributed by atoms with van der Waals surface area (Å²) in [6.45, 7) is 5.35. The minimum Gasteiger partial charge on any atom is -0.497 e. The van der Waals surface area contributed by atoms with Crippen molar-refractivity contribution in [1.82, 2.24) is 15.1 Å². The van der Waals surface area contributed by atoms with E-state index in [4.69, 9.17) is 4.74 Å². The molecule has 0 saturated carbocycles. The van der Waals surface area contributed by atoms with Gasteiger partial charge in [-0.15, -0.1) is 0 Å². The number of methoxy groups -OCH3 is 1. The molecule has 0 bridgehead atoms. The Morgan fingerprint density at radius 2 is 1.94 bits per heavy atom. The molecular formula is C25H32N6O2. The third-order valence-corrected chi connectivity index (χ3v) is 5.12. The Labute approximate surface area is 195 Å². The average molecular weight is 449 g/mol. The molecule has 0 radical (unpaired) electrons. The number of nitrogens with one attached hydrogen (secondary N) is 2. The first-order chi connectivity index (χ1) is 15.9. The van der Waals surface area contributed by atoms with Crippen LogP contribution < -0.4 is 20.3 Å². The third kappa shape index (κ3) is 6.58. The van der Waals surface area contributed by atoms with Gasteiger partial charge in [0.2, 0.25) is 5.96 Å². The zero-order chi connectivity index (χ0) is 23.8. The lowest BCUT2D eigenvalue weighted by Crippen LogP contribution is -2.36. The Hall–Kier alpha value is -3.81. The molecule has 0 atom stereocenters. The van der Waals surface area contributed by atoms with Crippen LogP contribution in [0.15, 0.2) is 59.7 Å². The predicted molar refractivity (Wildman–Crippen MR) is 133 cm³/mol. The Balaban J connectivity index is 1.83. The molecule has 1 aromatic heterocycles. The minimum absolute atomic E-state index is 0.239. The van der Waals surface area contributed by atoms with Crippen LogP contribution in [0, 0.1) is 6.92 Å². The normalized spacial score (nSPS) is 11.2. The van der Waals surface area contributed by atoms with Crippen molar-refractivity contribution in [2.75, 3.05) is 31.4 Å². The molecule has 3 rings (SSSR count). The van der Waals surface area contributed by atoms with Gasteiger partial charge in [-0.05, 0) is 55.8 Å². The van der Waals surface area contributed by atoms with E-state index < -0.39 is 0 Å². The molecule has 0 unspecified atom stereocenters. The van der Waals surface area contributed by atoms with E-state index in [1.54, 1.807) is 13.2 Å². The molecule has 1 amide bonds. The number of hydrogen-bond acceptors (Lipinski definition) is 5. The fraction of sp³-hybridized carbons (Fsp3) is 0.320. The highest BCUT2D eigenvalue weighted by molar-refractivity contribution is 6.10. The Morgan fingerprint density at radius 3 is 2.61 bits per heavy atom. The van der Waals surface area contributed by atoms with E-state index in [-0.39, 0.29) is 5.91 Å². The molecule has 33 heavy (non-hydrogen) atoms. The molecule has 174 valence electrons. The van der Waals surface area contributed by atoms with E-state index in [9.17, 15) is 4.79 Å². The van der Waals surface area contributed by atoms with Gasteiger partial charge in [0.15, 0.2) is 0 Å². The second-order valence-electron chi connectivity index (χ2n) is 7.92. The molecule has 0 fully saturated rings. The largest absolute Gasteiger partial charge is 0.497 e. The first-order valence-corrected chi connectivity index (χ1v) is 11.0. The summed E-state index contributed by atoms with van der Waals surface area (Å²) in [4.78, 5) is 19.6. The zero-order valence-corrected chi connectivity index (χ0v) is 19.9. The third-order valence-electron chi connectivity index (χ3n) is 5.12. The van der Waals surface area contributed by atoms with Gasteiger partial charge in [0.05, 0.1) is 19.3 Å². The summed E-state index contributed by atoms with van der Waals surface area (Å²) in [6, 6.07) is 14.9. The van der Waals surface area contributed by atoms with Crippen molar-refractivity contribution < 1.29 is 9.53 Å². The maximum absolute atomic E-state index is 13.0. The lowest BCUT2D eigenvalue weighted by Gasteiger charge is -2.15. The molecule has 1 heterocycles. The number of amides is 1. The maximum Gasteiger partial charge on any atom is 0.258 e. The summed E-state index contributed by atoms with van der Waals surface area (Å²) in [5.41, 5.74) is 4.23. The summed E-state index contributed by atoms with van der Waals surface area (Å²) in [6.07, 6.45) is 3.02. The van der Waals surface area contributed by atoms with Crippen molar-refractivity contribution in [2.24, 2.45) is 4.99 Å². The quantitative estimate of drug-likeness (QED) is 0.401. The number of benzene rings is 2. The lowest BCUT2D eigenvalue weighted by atomic mass is 10.2. The molecule has 2 aromatic carbocycles. The predicted octanol–water partition coefficient (Wildman–Crippen LogP) is 4.07. The number of carbonyl (C=O) groups is 1. The fourth-order valence-electron chi connectivity index (χ4n) is 3.25. The number of nitrogens with zero attached hydrogens (tertiary/aromatic N) is 4. The molecule has 0 aliphatic rings. The van der Waals surface area contributed by atoms with Gasteiger partial charge in [0.25, 0.3) is 5.91 Å². The molecular weight excluding hydrogens is 416 g/mol. The minimum atomic E-state index is -0.239. The molecule has 8 nitrogen and oxygen atoms in total. The molecule has 0 saturated heterocycles. The number of rotatable bonds is 8. The number of aliphatic imine (C=N–C) groups is 1. The molecule has 3 aromatic rings. The van der Waals surface area contributed by atoms with Gasteiger partial charge in [0, 0.05) is 49.3 Å². The highest BCUT2D eigenvalue weighted by Crippen LogP contribution is 2.16. The van der Waals surface area contributed by atoms with E-state index in [2.05, 4.69) is 27.6 Å². The summed E-state index contributed by atoms with van der Waals surface area (Å²) < 4.78 is 7.16. The standard InChI is InChI=1S/C25H32N6O2/c1-6-14-31-17-20(18(2)29-31)16-26-25(27-21-10-12-23(33-5)13-11-21)28-24(32)19-8-7-9-22(15-19)30(3)4/h7-13,15,17H,6,14,16H2,1-5H3,(H2,26,27,28,32). The van der Waals surface area contributed by atoms with Crippen LogP contribution in [0.1, 0.15) is 35.0 Å². The van der Waals surface area contributed by atoms with E-state index in [1.807, 2.05) is 79.3 Å². The highest BCUT2D eigenvalue weighted by Gasteiger charge is 2.12. The van der Waals surface area contributed by atoms with Gasteiger partial charge >= 0.3 is 0 Å². The van der Waals surface area contributed by atoms with Crippen LogP contribution in [-0.2, 0) is 13.1 Å². The number of aryl methyl sites for hydroxylation is 2. The summed E-state index contributed by atoms with van der Waals surface area (Å²) in [5.74, 6) is 0.877. The van der Waals surface area contributed by atoms with Crippen LogP contribution >= 0.6 is 0 Å². The number of aromatic nitrogens is 2. The Bertz CT molecular complexity index is 1100. The van der Waals surface area contributed by atoms with Crippen molar-refractivity contribution in [3.05, 3.63) is 71.5 Å². The molecule has 2 N–H and O–H groups in total. The maximum atomic E-state index is 13.0. The average Bonchev–Trinajstić information content (AvgIpc) is 3.17. The smallest absolute Gasteiger partial charge is 0.258 e. The van der Waals surface area contributed by atoms with Gasteiger partial charge in [-0.25, -0.2) is 4.99 Å². The number of carbonyl (C=O) groups excluding carboxylic acids is 1. The summed E-state index contributed by atoms with van der Waals surface area (Å²) in [5, 5.41) is 10.7. The van der Waals surface area contributed by atoms with Crippen LogP contribution in [0.5, 0.6) is 5.75 Å². The van der Waals surface area contributed by atoms with Crippen molar-refractivity contribution >= 4 is 23.2 Å². The number of anilines is 2. The van der Waals surface area contributed by atoms with E-state index in [0.29, 0.717) is 18.1 Å². The molecule has 0 aliphatic carbocycles. The van der Waals surface area contributed by atoms with E-state index in [1.165, 1.54) is 0 Å². The first-order valence-electron chi connectivity index (χ1n) is 11.0. The number of guanidine groups is 1. The van der Waals surface area contributed by atoms with Crippen LogP contribution in [0.25, 0.3) is 0 Å². The van der Waals surface area contributed by atoms with Crippen LogP contribution in [0.2, 0.25) is 0 Å². The Morgan fingerprint density at radius 1 is 1.18 bits per heavy atom. The Kier molecular flexibility index (Phi) is 8.07. The van der Waals surface area contributed by atoms with Gasteiger partial charge < -0.3 is 15.0 Å². The topological polar surface area (TPSA) is 83.8 Å². The van der Waals surface area contributed by atoms with Crippen LogP contribution in [0.3, 0.4) is 0 Å².